The van der Waals surface area contributed by atoms with Crippen LogP contribution in [0.1, 0.15) is 30.5 Å². The van der Waals surface area contributed by atoms with Crippen molar-refractivity contribution in [3.8, 4) is 50.2 Å². The van der Waals surface area contributed by atoms with Crippen LogP contribution in [0.2, 0.25) is 0 Å². The molecule has 0 aliphatic heterocycles. The summed E-state index contributed by atoms with van der Waals surface area (Å²) in [5.74, 6) is 0.544. The Bertz CT molecular complexity index is 3430. The minimum absolute atomic E-state index is 0.0307. The summed E-state index contributed by atoms with van der Waals surface area (Å²) in [6.45, 7) is 1.78. The van der Waals surface area contributed by atoms with Crippen molar-refractivity contribution in [3.63, 3.8) is 0 Å². The molecule has 2 nitrogen and oxygen atoms in total. The van der Waals surface area contributed by atoms with Crippen molar-refractivity contribution in [1.29, 1.82) is 0 Å². The number of hydrogen-bond donors (Lipinski definition) is 0. The standard InChI is InChI=1S/C46H32N2/c1-31-47-42-25-13-15-27-44(42)48(31)43-26-14-12-24-41(43)46-39-22-10-8-20-37(39)45(38-21-9-11-23-40(38)46)36-29-34(32-16-4-2-5-17-32)28-35(30-36)33-18-6-3-7-19-33/h2-30H,1H3/i2D,3D,4D,5D,6D,7D,8D,9D,10D,11D,16D,17D,18D,19D,20D,21D,22D,23D. The highest BCUT2D eigenvalue weighted by Gasteiger charge is 2.21. The topological polar surface area (TPSA) is 17.8 Å². The number of nitrogens with zero attached hydrogens (tertiary/aromatic N) is 2. The number of aromatic nitrogens is 2. The van der Waals surface area contributed by atoms with E-state index < -0.39 is 109 Å². The van der Waals surface area contributed by atoms with E-state index in [0.29, 0.717) is 28.1 Å². The van der Waals surface area contributed by atoms with Gasteiger partial charge in [-0.3, -0.25) is 4.57 Å². The number of para-hydroxylation sites is 3. The smallest absolute Gasteiger partial charge is 0.111 e. The highest BCUT2D eigenvalue weighted by Crippen LogP contribution is 2.46. The van der Waals surface area contributed by atoms with Gasteiger partial charge >= 0.3 is 0 Å². The average Bonchev–Trinajstić information content (AvgIpc) is 3.65. The van der Waals surface area contributed by atoms with E-state index in [1.807, 2.05) is 28.8 Å². The van der Waals surface area contributed by atoms with Gasteiger partial charge in [0.05, 0.1) is 41.4 Å². The van der Waals surface area contributed by atoms with Crippen LogP contribution in [0.5, 0.6) is 0 Å². The van der Waals surface area contributed by atoms with Gasteiger partial charge in [-0.1, -0.05) is 139 Å². The molecule has 48 heavy (non-hydrogen) atoms. The number of hydrogen-bond acceptors (Lipinski definition) is 1. The number of aryl methyl sites for hydroxylation is 1. The number of imidazole rings is 1. The van der Waals surface area contributed by atoms with Gasteiger partial charge in [-0.05, 0) is 104 Å². The van der Waals surface area contributed by atoms with Crippen LogP contribution in [-0.2, 0) is 0 Å². The first-order valence-corrected chi connectivity index (χ1v) is 15.0. The lowest BCUT2D eigenvalue weighted by Gasteiger charge is -2.21. The molecule has 0 unspecified atom stereocenters. The van der Waals surface area contributed by atoms with E-state index in [9.17, 15) is 5.48 Å². The fourth-order valence-corrected chi connectivity index (χ4v) is 6.36. The normalized spacial score (nSPS) is 16.7. The van der Waals surface area contributed by atoms with Crippen molar-refractivity contribution in [1.82, 2.24) is 9.55 Å². The maximum Gasteiger partial charge on any atom is 0.111 e. The molecule has 0 bridgehead atoms. The van der Waals surface area contributed by atoms with Crippen molar-refractivity contribution in [2.45, 2.75) is 6.92 Å². The van der Waals surface area contributed by atoms with Crippen LogP contribution in [0, 0.1) is 6.92 Å². The Labute approximate surface area is 305 Å². The van der Waals surface area contributed by atoms with Crippen molar-refractivity contribution in [2.24, 2.45) is 0 Å². The molecule has 1 aromatic heterocycles. The highest BCUT2D eigenvalue weighted by atomic mass is 15.1. The SMILES string of the molecule is [2H]c1c([2H])c([2H])c(-c2cc(-c3c([2H])c([2H])c([2H])c([2H])c3[2H])cc(-c3c4c([2H])c([2H])c([2H])c([2H])c4c(-c4ccccc4-n4c(C)nc5ccccc54)c4c([2H])c([2H])c([2H])c([2H])c34)c2)c([2H])c1[2H]. The van der Waals surface area contributed by atoms with Crippen LogP contribution >= 0.6 is 0 Å². The minimum Gasteiger partial charge on any atom is -0.296 e. The first kappa shape index (κ1) is 15.1. The molecule has 0 atom stereocenters. The third-order valence-corrected chi connectivity index (χ3v) is 8.32. The van der Waals surface area contributed by atoms with E-state index >= 15 is 0 Å². The van der Waals surface area contributed by atoms with Gasteiger partial charge < -0.3 is 0 Å². The molecule has 0 saturated heterocycles. The monoisotopic (exact) mass is 630 g/mol. The molecule has 0 radical (unpaired) electrons. The van der Waals surface area contributed by atoms with Crippen LogP contribution in [0.15, 0.2) is 175 Å². The molecule has 0 aliphatic carbocycles. The van der Waals surface area contributed by atoms with Crippen LogP contribution in [0.4, 0.5) is 0 Å². The lowest BCUT2D eigenvalue weighted by molar-refractivity contribution is 1.00. The summed E-state index contributed by atoms with van der Waals surface area (Å²) in [5.41, 5.74) is 0.868. The Hall–Kier alpha value is -6.25. The predicted octanol–water partition coefficient (Wildman–Crippen LogP) is 12.3. The minimum atomic E-state index is -0.705. The van der Waals surface area contributed by atoms with E-state index in [4.69, 9.17) is 24.2 Å². The third kappa shape index (κ3) is 4.61. The Morgan fingerprint density at radius 1 is 0.479 bits per heavy atom. The van der Waals surface area contributed by atoms with Gasteiger partial charge in [-0.15, -0.1) is 0 Å². The maximum absolute atomic E-state index is 9.58. The molecular formula is C46H32N2. The lowest BCUT2D eigenvalue weighted by atomic mass is 9.84. The molecule has 8 aromatic carbocycles. The zero-order chi connectivity index (χ0) is 47.7. The first-order chi connectivity index (χ1) is 31.2. The van der Waals surface area contributed by atoms with E-state index in [-0.39, 0.29) is 60.5 Å². The summed E-state index contributed by atoms with van der Waals surface area (Å²) in [5, 5.41) is -0.747. The molecule has 9 rings (SSSR count). The van der Waals surface area contributed by atoms with Gasteiger partial charge in [-0.25, -0.2) is 4.98 Å². The molecule has 0 amide bonds. The number of fused-ring (bicyclic) bond motifs is 3. The summed E-state index contributed by atoms with van der Waals surface area (Å²) in [6.07, 6.45) is 0. The van der Waals surface area contributed by atoms with Gasteiger partial charge in [0.25, 0.3) is 0 Å². The summed E-state index contributed by atoms with van der Waals surface area (Å²) >= 11 is 0. The highest BCUT2D eigenvalue weighted by molar-refractivity contribution is 6.22. The molecule has 0 saturated carbocycles. The van der Waals surface area contributed by atoms with Crippen molar-refractivity contribution in [2.75, 3.05) is 0 Å². The maximum atomic E-state index is 9.58. The Morgan fingerprint density at radius 3 is 1.56 bits per heavy atom. The second kappa shape index (κ2) is 11.5. The van der Waals surface area contributed by atoms with Gasteiger partial charge in [0.2, 0.25) is 0 Å². The quantitative estimate of drug-likeness (QED) is 0.173. The van der Waals surface area contributed by atoms with Gasteiger partial charge in [-0.2, -0.15) is 0 Å². The van der Waals surface area contributed by atoms with Crippen LogP contribution in [-0.4, -0.2) is 9.55 Å². The summed E-state index contributed by atoms with van der Waals surface area (Å²) in [4.78, 5) is 4.74. The molecule has 2 heteroatoms. The second-order valence-electron chi connectivity index (χ2n) is 11.0. The number of rotatable bonds is 5. The zero-order valence-electron chi connectivity index (χ0n) is 43.2. The molecule has 0 N–H and O–H groups in total. The van der Waals surface area contributed by atoms with Gasteiger partial charge in [0.15, 0.2) is 0 Å². The molecule has 0 aliphatic rings. The Balaban J connectivity index is 1.56. The number of benzene rings is 8. The molecule has 226 valence electrons. The first-order valence-electron chi connectivity index (χ1n) is 24.0. The van der Waals surface area contributed by atoms with Crippen molar-refractivity contribution < 1.29 is 24.7 Å². The summed E-state index contributed by atoms with van der Waals surface area (Å²) in [6, 6.07) is 6.24. The van der Waals surface area contributed by atoms with Crippen LogP contribution in [0.3, 0.4) is 0 Å². The summed E-state index contributed by atoms with van der Waals surface area (Å²) < 4.78 is 162. The predicted molar refractivity (Wildman–Crippen MR) is 203 cm³/mol. The largest absolute Gasteiger partial charge is 0.296 e. The van der Waals surface area contributed by atoms with E-state index in [0.717, 1.165) is 0 Å². The molecule has 0 fully saturated rings. The van der Waals surface area contributed by atoms with Gasteiger partial charge in [0, 0.05) is 5.56 Å². The fraction of sp³-hybridized carbons (Fsp3) is 0.0217. The molecule has 0 spiro atoms. The second-order valence-corrected chi connectivity index (χ2v) is 11.0. The molecule has 9 aromatic rings. The third-order valence-electron chi connectivity index (χ3n) is 8.32. The summed E-state index contributed by atoms with van der Waals surface area (Å²) in [7, 11) is 0. The lowest BCUT2D eigenvalue weighted by Crippen LogP contribution is -2.00. The van der Waals surface area contributed by atoms with Crippen LogP contribution < -0.4 is 0 Å². The molecule has 1 heterocycles. The van der Waals surface area contributed by atoms with Crippen LogP contribution in [0.25, 0.3) is 82.8 Å². The van der Waals surface area contributed by atoms with E-state index in [1.54, 1.807) is 31.2 Å². The Kier molecular flexibility index (Phi) is 3.63. The van der Waals surface area contributed by atoms with Crippen molar-refractivity contribution in [3.05, 3.63) is 181 Å². The zero-order valence-corrected chi connectivity index (χ0v) is 25.2. The van der Waals surface area contributed by atoms with E-state index in [1.165, 1.54) is 18.2 Å². The Morgan fingerprint density at radius 2 is 0.958 bits per heavy atom. The molecular weight excluding hydrogens is 581 g/mol. The van der Waals surface area contributed by atoms with E-state index in [2.05, 4.69) is 0 Å². The van der Waals surface area contributed by atoms with Gasteiger partial charge in [0.1, 0.15) is 5.82 Å². The average molecular weight is 631 g/mol. The fourth-order valence-electron chi connectivity index (χ4n) is 6.36. The van der Waals surface area contributed by atoms with Crippen molar-refractivity contribution >= 4 is 32.6 Å².